The van der Waals surface area contributed by atoms with E-state index in [0.717, 1.165) is 23.8 Å². The molecule has 0 aromatic heterocycles. The molecule has 0 fully saturated rings. The van der Waals surface area contributed by atoms with Crippen molar-refractivity contribution in [1.82, 2.24) is 9.80 Å². The Labute approximate surface area is 238 Å². The summed E-state index contributed by atoms with van der Waals surface area (Å²) in [6.45, 7) is 12.0. The maximum absolute atomic E-state index is 13.5. The van der Waals surface area contributed by atoms with E-state index in [1.807, 2.05) is 51.1 Å². The lowest BCUT2D eigenvalue weighted by Crippen LogP contribution is -2.42. The number of nitrogens with zero attached hydrogens (tertiary/aromatic N) is 2. The second kappa shape index (κ2) is 16.6. The van der Waals surface area contributed by atoms with E-state index in [9.17, 15) is 18.0 Å². The van der Waals surface area contributed by atoms with Gasteiger partial charge in [0.15, 0.2) is 9.84 Å². The molecule has 1 rings (SSSR count). The van der Waals surface area contributed by atoms with Gasteiger partial charge < -0.3 is 10.6 Å². The maximum Gasteiger partial charge on any atom is 0.251 e. The summed E-state index contributed by atoms with van der Waals surface area (Å²) in [5, 5.41) is 0.0870. The summed E-state index contributed by atoms with van der Waals surface area (Å²) in [7, 11) is -3.52. The van der Waals surface area contributed by atoms with Crippen LogP contribution in [-0.4, -0.2) is 55.9 Å². The lowest BCUT2D eigenvalue weighted by molar-refractivity contribution is -0.136. The van der Waals surface area contributed by atoms with Gasteiger partial charge in [-0.25, -0.2) is 8.42 Å². The number of rotatable bonds is 14. The van der Waals surface area contributed by atoms with E-state index in [4.69, 9.17) is 17.3 Å². The summed E-state index contributed by atoms with van der Waals surface area (Å²) in [6.07, 6.45) is 12.2. The molecular weight excluding hydrogens is 534 g/mol. The van der Waals surface area contributed by atoms with Gasteiger partial charge >= 0.3 is 0 Å². The van der Waals surface area contributed by atoms with Crippen LogP contribution in [0.2, 0.25) is 0 Å². The fourth-order valence-corrected chi connectivity index (χ4v) is 4.52. The predicted octanol–water partition coefficient (Wildman–Crippen LogP) is 5.41. The molecule has 0 aliphatic heterocycles. The molecule has 2 N–H and O–H groups in total. The van der Waals surface area contributed by atoms with E-state index >= 15 is 0 Å². The van der Waals surface area contributed by atoms with Gasteiger partial charge in [0.2, 0.25) is 5.91 Å². The number of benzene rings is 1. The largest absolute Gasteiger partial charge is 0.405 e. The molecule has 0 heterocycles. The minimum atomic E-state index is -3.52. The topological polar surface area (TPSA) is 101 Å². The van der Waals surface area contributed by atoms with Crippen LogP contribution in [0.25, 0.3) is 5.57 Å². The highest BCUT2D eigenvalue weighted by atomic mass is 35.5. The van der Waals surface area contributed by atoms with Crippen LogP contribution in [0.3, 0.4) is 0 Å². The average Bonchev–Trinajstić information content (AvgIpc) is 2.89. The third-order valence-corrected chi connectivity index (χ3v) is 6.98. The molecule has 0 bridgehead atoms. The van der Waals surface area contributed by atoms with Crippen molar-refractivity contribution in [3.63, 3.8) is 0 Å². The quantitative estimate of drug-likeness (QED) is 0.237. The average molecular weight is 574 g/mol. The van der Waals surface area contributed by atoms with Crippen molar-refractivity contribution in [3.05, 3.63) is 101 Å². The Bertz CT molecular complexity index is 1260. The summed E-state index contributed by atoms with van der Waals surface area (Å²) < 4.78 is 24.1. The fraction of sp³-hybridized carbons (Fsp3) is 0.333. The van der Waals surface area contributed by atoms with Crippen LogP contribution in [-0.2, 0) is 19.4 Å². The van der Waals surface area contributed by atoms with Crippen molar-refractivity contribution in [2.45, 2.75) is 34.1 Å². The number of hydrogen-bond acceptors (Lipinski definition) is 5. The van der Waals surface area contributed by atoms with Crippen molar-refractivity contribution in [2.75, 3.05) is 25.9 Å². The zero-order chi connectivity index (χ0) is 29.6. The number of likely N-dealkylation sites (N-methyl/N-ethyl adjacent to an activating group) is 1. The molecule has 1 aromatic carbocycles. The molecule has 2 amide bonds. The summed E-state index contributed by atoms with van der Waals surface area (Å²) in [4.78, 5) is 29.9. The Balaban J connectivity index is 3.45. The number of amides is 2. The van der Waals surface area contributed by atoms with Crippen LogP contribution in [0, 0.1) is 5.92 Å². The molecule has 7 nitrogen and oxygen atoms in total. The van der Waals surface area contributed by atoms with Crippen LogP contribution < -0.4 is 5.73 Å². The van der Waals surface area contributed by atoms with Gasteiger partial charge in [-0.1, -0.05) is 74.5 Å². The number of hydrogen-bond donors (Lipinski definition) is 1. The van der Waals surface area contributed by atoms with Crippen LogP contribution in [0.4, 0.5) is 0 Å². The van der Waals surface area contributed by atoms with Gasteiger partial charge in [0.1, 0.15) is 6.54 Å². The Morgan fingerprint density at radius 2 is 1.72 bits per heavy atom. The maximum atomic E-state index is 13.5. The first-order valence-corrected chi connectivity index (χ1v) is 15.0. The number of allylic oxidation sites excluding steroid dienone is 7. The van der Waals surface area contributed by atoms with E-state index in [1.54, 1.807) is 30.1 Å². The minimum Gasteiger partial charge on any atom is -0.405 e. The predicted molar refractivity (Wildman–Crippen MR) is 162 cm³/mol. The summed E-state index contributed by atoms with van der Waals surface area (Å²) in [5.41, 5.74) is 7.93. The molecule has 0 spiro atoms. The lowest BCUT2D eigenvalue weighted by Gasteiger charge is -2.28. The van der Waals surface area contributed by atoms with E-state index < -0.39 is 15.7 Å². The minimum absolute atomic E-state index is 0.00803. The summed E-state index contributed by atoms with van der Waals surface area (Å²) in [6, 6.07) is 9.53. The van der Waals surface area contributed by atoms with Crippen molar-refractivity contribution < 1.29 is 18.0 Å². The molecule has 0 radical (unpaired) electrons. The first kappa shape index (κ1) is 33.7. The second-order valence-electron chi connectivity index (χ2n) is 8.98. The standard InChI is InChI=1S/C30H40ClN3O4S/c1-7-20-33(8-2)30(36)22-34(28(18-19-32)25(5)26-12-10-9-11-13-26)29(35)17-15-23(3)14-16-27(21-24(4)31)39(6,37)38/h9-19,21,23H,4,7-8,20,22,32H2,1-3,5-6H3/b16-14-,17-15+,19-18-,27-21+,28-25-. The third kappa shape index (κ3) is 11.5. The summed E-state index contributed by atoms with van der Waals surface area (Å²) in [5.74, 6) is -0.894. The molecule has 212 valence electrons. The van der Waals surface area contributed by atoms with Crippen LogP contribution in [0.1, 0.15) is 39.7 Å². The Morgan fingerprint density at radius 3 is 2.23 bits per heavy atom. The van der Waals surface area contributed by atoms with Crippen LogP contribution >= 0.6 is 11.6 Å². The van der Waals surface area contributed by atoms with Crippen molar-refractivity contribution in [2.24, 2.45) is 11.7 Å². The lowest BCUT2D eigenvalue weighted by atomic mass is 10.0. The highest BCUT2D eigenvalue weighted by Gasteiger charge is 2.23. The smallest absolute Gasteiger partial charge is 0.251 e. The van der Waals surface area contributed by atoms with Gasteiger partial charge in [-0.15, -0.1) is 0 Å². The normalized spacial score (nSPS) is 14.1. The van der Waals surface area contributed by atoms with Gasteiger partial charge in [-0.2, -0.15) is 0 Å². The molecular formula is C30H40ClN3O4S. The number of carbonyl (C=O) groups is 2. The summed E-state index contributed by atoms with van der Waals surface area (Å²) >= 11 is 5.77. The van der Waals surface area contributed by atoms with E-state index in [2.05, 4.69) is 6.58 Å². The van der Waals surface area contributed by atoms with E-state index in [-0.39, 0.29) is 28.3 Å². The van der Waals surface area contributed by atoms with Crippen LogP contribution in [0.15, 0.2) is 95.2 Å². The van der Waals surface area contributed by atoms with Gasteiger partial charge in [0.25, 0.3) is 5.91 Å². The molecule has 0 aliphatic rings. The Morgan fingerprint density at radius 1 is 1.10 bits per heavy atom. The molecule has 0 saturated heterocycles. The Hall–Kier alpha value is -3.36. The van der Waals surface area contributed by atoms with Crippen molar-refractivity contribution >= 4 is 38.8 Å². The molecule has 1 atom stereocenters. The molecule has 39 heavy (non-hydrogen) atoms. The first-order chi connectivity index (χ1) is 18.3. The molecule has 1 aromatic rings. The van der Waals surface area contributed by atoms with Gasteiger partial charge in [-0.3, -0.25) is 14.5 Å². The number of nitrogens with two attached hydrogens (primary N) is 1. The number of carbonyl (C=O) groups excluding carboxylic acids is 2. The molecule has 1 unspecified atom stereocenters. The van der Waals surface area contributed by atoms with Gasteiger partial charge in [0.05, 0.1) is 4.91 Å². The van der Waals surface area contributed by atoms with Crippen molar-refractivity contribution in [1.29, 1.82) is 0 Å². The fourth-order valence-electron chi connectivity index (χ4n) is 3.66. The van der Waals surface area contributed by atoms with Gasteiger partial charge in [0, 0.05) is 36.2 Å². The van der Waals surface area contributed by atoms with Crippen molar-refractivity contribution in [3.8, 4) is 0 Å². The van der Waals surface area contributed by atoms with Gasteiger partial charge in [-0.05, 0) is 61.8 Å². The zero-order valence-electron chi connectivity index (χ0n) is 23.4. The highest BCUT2D eigenvalue weighted by molar-refractivity contribution is 7.94. The van der Waals surface area contributed by atoms with E-state index in [0.29, 0.717) is 18.8 Å². The first-order valence-electron chi connectivity index (χ1n) is 12.7. The SMILES string of the molecule is C=C(Cl)/C=C(\C=C/C(C)/C=C/C(=O)N(CC(=O)N(CC)CCC)C(/C=C\N)=C(/C)c1ccccc1)S(C)(=O)=O. The highest BCUT2D eigenvalue weighted by Crippen LogP contribution is 2.23. The zero-order valence-corrected chi connectivity index (χ0v) is 25.0. The van der Waals surface area contributed by atoms with Crippen LogP contribution in [0.5, 0.6) is 0 Å². The monoisotopic (exact) mass is 573 g/mol. The Kier molecular flexibility index (Phi) is 14.3. The van der Waals surface area contributed by atoms with E-state index in [1.165, 1.54) is 29.3 Å². The molecule has 0 aliphatic carbocycles. The number of halogens is 1. The third-order valence-electron chi connectivity index (χ3n) is 5.76. The number of sulfone groups is 1. The molecule has 9 heteroatoms. The second-order valence-corrected chi connectivity index (χ2v) is 11.5. The molecule has 0 saturated carbocycles.